The zero-order valence-corrected chi connectivity index (χ0v) is 12.2. The standard InChI is InChI=1S/C11H16ClN5S/c1-4-13-10(9-6-14-16-18-9)11-8(12)5-15-17(11)7(2)3/h5-7,10,13H,4H2,1-3H3. The molecule has 2 aromatic rings. The van der Waals surface area contributed by atoms with E-state index in [0.29, 0.717) is 5.02 Å². The average molecular weight is 286 g/mol. The lowest BCUT2D eigenvalue weighted by atomic mass is 10.1. The van der Waals surface area contributed by atoms with E-state index in [1.54, 1.807) is 12.4 Å². The van der Waals surface area contributed by atoms with Gasteiger partial charge in [0.05, 0.1) is 34.0 Å². The van der Waals surface area contributed by atoms with Gasteiger partial charge in [-0.1, -0.05) is 23.0 Å². The quantitative estimate of drug-likeness (QED) is 0.918. The number of nitrogens with zero attached hydrogens (tertiary/aromatic N) is 4. The van der Waals surface area contributed by atoms with Crippen molar-refractivity contribution in [3.8, 4) is 0 Å². The van der Waals surface area contributed by atoms with Crippen LogP contribution in [0.4, 0.5) is 0 Å². The summed E-state index contributed by atoms with van der Waals surface area (Å²) in [6.07, 6.45) is 3.46. The second kappa shape index (κ2) is 5.77. The zero-order chi connectivity index (χ0) is 13.1. The number of rotatable bonds is 5. The highest BCUT2D eigenvalue weighted by molar-refractivity contribution is 7.05. The molecule has 1 atom stereocenters. The smallest absolute Gasteiger partial charge is 0.0889 e. The minimum absolute atomic E-state index is 0.00704. The molecule has 2 aromatic heterocycles. The van der Waals surface area contributed by atoms with Crippen LogP contribution in [0.1, 0.15) is 43.4 Å². The number of hydrogen-bond donors (Lipinski definition) is 1. The molecular formula is C11H16ClN5S. The van der Waals surface area contributed by atoms with Gasteiger partial charge in [0.2, 0.25) is 0 Å². The molecule has 0 saturated carbocycles. The van der Waals surface area contributed by atoms with E-state index < -0.39 is 0 Å². The number of nitrogens with one attached hydrogen (secondary N) is 1. The number of halogens is 1. The van der Waals surface area contributed by atoms with Gasteiger partial charge in [-0.2, -0.15) is 5.10 Å². The molecule has 0 fully saturated rings. The van der Waals surface area contributed by atoms with Crippen LogP contribution in [-0.4, -0.2) is 25.9 Å². The minimum Gasteiger partial charge on any atom is -0.304 e. The van der Waals surface area contributed by atoms with Crippen LogP contribution < -0.4 is 5.32 Å². The maximum Gasteiger partial charge on any atom is 0.0889 e. The van der Waals surface area contributed by atoms with Crippen LogP contribution in [0.5, 0.6) is 0 Å². The Morgan fingerprint density at radius 2 is 2.22 bits per heavy atom. The summed E-state index contributed by atoms with van der Waals surface area (Å²) in [5.41, 5.74) is 0.972. The van der Waals surface area contributed by atoms with Gasteiger partial charge in [0.1, 0.15) is 0 Å². The third-order valence-corrected chi connectivity index (χ3v) is 3.64. The van der Waals surface area contributed by atoms with Crippen molar-refractivity contribution in [1.29, 1.82) is 0 Å². The topological polar surface area (TPSA) is 55.6 Å². The van der Waals surface area contributed by atoms with E-state index in [9.17, 15) is 0 Å². The largest absolute Gasteiger partial charge is 0.304 e. The van der Waals surface area contributed by atoms with Crippen molar-refractivity contribution < 1.29 is 0 Å². The first-order chi connectivity index (χ1) is 8.65. The lowest BCUT2D eigenvalue weighted by Crippen LogP contribution is -2.25. The van der Waals surface area contributed by atoms with Gasteiger partial charge in [-0.3, -0.25) is 4.68 Å². The lowest BCUT2D eigenvalue weighted by molar-refractivity contribution is 0.478. The molecule has 0 aliphatic heterocycles. The van der Waals surface area contributed by atoms with Crippen molar-refractivity contribution in [2.75, 3.05) is 6.54 Å². The second-order valence-corrected chi connectivity index (χ2v) is 5.45. The molecule has 0 aromatic carbocycles. The minimum atomic E-state index is -0.00704. The van der Waals surface area contributed by atoms with E-state index in [-0.39, 0.29) is 12.1 Å². The van der Waals surface area contributed by atoms with Gasteiger partial charge in [-0.15, -0.1) is 5.10 Å². The third-order valence-electron chi connectivity index (χ3n) is 2.62. The average Bonchev–Trinajstić information content (AvgIpc) is 2.95. The van der Waals surface area contributed by atoms with Gasteiger partial charge in [-0.05, 0) is 31.9 Å². The molecule has 2 rings (SSSR count). The highest BCUT2D eigenvalue weighted by Crippen LogP contribution is 2.31. The summed E-state index contributed by atoms with van der Waals surface area (Å²) >= 11 is 7.65. The Bertz CT molecular complexity index is 494. The highest BCUT2D eigenvalue weighted by Gasteiger charge is 2.24. The molecule has 2 heterocycles. The summed E-state index contributed by atoms with van der Waals surface area (Å²) in [5, 5.41) is 12.3. The maximum absolute atomic E-state index is 6.28. The predicted molar refractivity (Wildman–Crippen MR) is 73.1 cm³/mol. The SMILES string of the molecule is CCNC(c1cnns1)c1c(Cl)cnn1C(C)C. The maximum atomic E-state index is 6.28. The summed E-state index contributed by atoms with van der Waals surface area (Å²) in [5.74, 6) is 0. The molecule has 0 amide bonds. The Balaban J connectivity index is 2.45. The van der Waals surface area contributed by atoms with E-state index >= 15 is 0 Å². The van der Waals surface area contributed by atoms with Crippen LogP contribution in [0.3, 0.4) is 0 Å². The fourth-order valence-corrected chi connectivity index (χ4v) is 2.69. The number of aromatic nitrogens is 4. The summed E-state index contributed by atoms with van der Waals surface area (Å²) in [7, 11) is 0. The normalized spacial score (nSPS) is 13.2. The Morgan fingerprint density at radius 3 is 2.78 bits per heavy atom. The van der Waals surface area contributed by atoms with Gasteiger partial charge in [0.15, 0.2) is 0 Å². The molecule has 0 saturated heterocycles. The molecule has 0 bridgehead atoms. The van der Waals surface area contributed by atoms with Crippen molar-refractivity contribution in [1.82, 2.24) is 24.7 Å². The van der Waals surface area contributed by atoms with Crippen LogP contribution in [0.2, 0.25) is 5.02 Å². The Hall–Kier alpha value is -0.980. The van der Waals surface area contributed by atoms with Crippen molar-refractivity contribution in [2.45, 2.75) is 32.9 Å². The van der Waals surface area contributed by atoms with E-state index in [4.69, 9.17) is 11.6 Å². The van der Waals surface area contributed by atoms with E-state index in [1.165, 1.54) is 11.5 Å². The van der Waals surface area contributed by atoms with Crippen LogP contribution in [0, 0.1) is 0 Å². The van der Waals surface area contributed by atoms with Crippen molar-refractivity contribution in [3.05, 3.63) is 28.0 Å². The molecule has 7 heteroatoms. The van der Waals surface area contributed by atoms with Crippen molar-refractivity contribution in [2.24, 2.45) is 0 Å². The monoisotopic (exact) mass is 285 g/mol. The van der Waals surface area contributed by atoms with Crippen molar-refractivity contribution in [3.63, 3.8) is 0 Å². The summed E-state index contributed by atoms with van der Waals surface area (Å²) in [6.45, 7) is 7.06. The molecule has 0 aliphatic carbocycles. The van der Waals surface area contributed by atoms with Crippen LogP contribution in [0.25, 0.3) is 0 Å². The molecule has 98 valence electrons. The first-order valence-corrected chi connectivity index (χ1v) is 7.03. The first kappa shape index (κ1) is 13.5. The fraction of sp³-hybridized carbons (Fsp3) is 0.545. The summed E-state index contributed by atoms with van der Waals surface area (Å²) in [4.78, 5) is 1.04. The fourth-order valence-electron chi connectivity index (χ4n) is 1.87. The first-order valence-electron chi connectivity index (χ1n) is 5.88. The zero-order valence-electron chi connectivity index (χ0n) is 10.6. The molecule has 0 radical (unpaired) electrons. The Kier molecular flexibility index (Phi) is 4.31. The molecule has 5 nitrogen and oxygen atoms in total. The number of hydrogen-bond acceptors (Lipinski definition) is 5. The summed E-state index contributed by atoms with van der Waals surface area (Å²) in [6, 6.07) is 0.252. The lowest BCUT2D eigenvalue weighted by Gasteiger charge is -2.20. The predicted octanol–water partition coefficient (Wildman–Crippen LogP) is 2.67. The molecule has 1 unspecified atom stereocenters. The van der Waals surface area contributed by atoms with Gasteiger partial charge in [-0.25, -0.2) is 0 Å². The molecule has 0 aliphatic rings. The Morgan fingerprint density at radius 1 is 1.44 bits per heavy atom. The van der Waals surface area contributed by atoms with Gasteiger partial charge < -0.3 is 5.32 Å². The molecule has 1 N–H and O–H groups in total. The van der Waals surface area contributed by atoms with Gasteiger partial charge >= 0.3 is 0 Å². The van der Waals surface area contributed by atoms with Crippen LogP contribution >= 0.6 is 23.1 Å². The molecule has 18 heavy (non-hydrogen) atoms. The van der Waals surface area contributed by atoms with Gasteiger partial charge in [0, 0.05) is 6.04 Å². The third kappa shape index (κ3) is 2.55. The van der Waals surface area contributed by atoms with Crippen molar-refractivity contribution >= 4 is 23.1 Å². The summed E-state index contributed by atoms with van der Waals surface area (Å²) < 4.78 is 5.86. The van der Waals surface area contributed by atoms with Crippen LogP contribution in [-0.2, 0) is 0 Å². The van der Waals surface area contributed by atoms with E-state index in [1.807, 2.05) is 4.68 Å². The second-order valence-electron chi connectivity index (χ2n) is 4.23. The van der Waals surface area contributed by atoms with E-state index in [0.717, 1.165) is 17.1 Å². The van der Waals surface area contributed by atoms with E-state index in [2.05, 4.69) is 40.8 Å². The Labute approximate surface area is 115 Å². The highest BCUT2D eigenvalue weighted by atomic mass is 35.5. The van der Waals surface area contributed by atoms with Crippen LogP contribution in [0.15, 0.2) is 12.4 Å². The molecular weight excluding hydrogens is 270 g/mol. The molecule has 0 spiro atoms. The van der Waals surface area contributed by atoms with Gasteiger partial charge in [0.25, 0.3) is 0 Å².